The van der Waals surface area contributed by atoms with Crippen molar-refractivity contribution < 1.29 is 28.6 Å². The van der Waals surface area contributed by atoms with Crippen molar-refractivity contribution in [3.8, 4) is 11.1 Å². The van der Waals surface area contributed by atoms with E-state index >= 15 is 0 Å². The average molecular weight is 479 g/mol. The van der Waals surface area contributed by atoms with Crippen molar-refractivity contribution in [3.63, 3.8) is 0 Å². The van der Waals surface area contributed by atoms with Gasteiger partial charge in [-0.25, -0.2) is 4.79 Å². The number of benzene rings is 2. The summed E-state index contributed by atoms with van der Waals surface area (Å²) in [6, 6.07) is 17.6. The molecule has 2 aromatic carbocycles. The summed E-state index contributed by atoms with van der Waals surface area (Å²) < 4.78 is 10.9. The van der Waals surface area contributed by atoms with Crippen molar-refractivity contribution in [1.82, 2.24) is 4.90 Å². The van der Waals surface area contributed by atoms with Crippen LogP contribution in [0.5, 0.6) is 0 Å². The summed E-state index contributed by atoms with van der Waals surface area (Å²) in [5, 5.41) is 11.2. The molecular formula is C25H22N2O6S. The van der Waals surface area contributed by atoms with E-state index in [2.05, 4.69) is 17.4 Å². The van der Waals surface area contributed by atoms with Gasteiger partial charge in [0.25, 0.3) is 5.91 Å². The van der Waals surface area contributed by atoms with Gasteiger partial charge in [0.2, 0.25) is 5.76 Å². The van der Waals surface area contributed by atoms with Crippen LogP contribution in [-0.4, -0.2) is 58.7 Å². The third kappa shape index (κ3) is 4.14. The highest BCUT2D eigenvalue weighted by Crippen LogP contribution is 2.44. The molecule has 5 rings (SSSR count). The van der Waals surface area contributed by atoms with Crippen LogP contribution in [0.15, 0.2) is 65.3 Å². The Morgan fingerprint density at radius 3 is 2.41 bits per heavy atom. The first-order valence-electron chi connectivity index (χ1n) is 10.9. The third-order valence-corrected chi connectivity index (χ3v) is 7.24. The largest absolute Gasteiger partial charge is 0.480 e. The lowest BCUT2D eigenvalue weighted by atomic mass is 9.98. The van der Waals surface area contributed by atoms with E-state index in [0.717, 1.165) is 22.3 Å². The lowest BCUT2D eigenvalue weighted by Gasteiger charge is -2.29. The van der Waals surface area contributed by atoms with Crippen molar-refractivity contribution in [2.45, 2.75) is 11.2 Å². The van der Waals surface area contributed by atoms with Crippen LogP contribution in [0.1, 0.15) is 27.6 Å². The van der Waals surface area contributed by atoms with Crippen LogP contribution < -0.4 is 5.32 Å². The van der Waals surface area contributed by atoms with E-state index in [4.69, 9.17) is 9.15 Å². The second kappa shape index (κ2) is 9.26. The molecule has 1 fully saturated rings. The van der Waals surface area contributed by atoms with Crippen LogP contribution in [0.2, 0.25) is 0 Å². The van der Waals surface area contributed by atoms with Gasteiger partial charge in [-0.1, -0.05) is 48.5 Å². The number of nitrogens with one attached hydrogen (secondary N) is 1. The van der Waals surface area contributed by atoms with Crippen molar-refractivity contribution in [2.24, 2.45) is 0 Å². The van der Waals surface area contributed by atoms with Gasteiger partial charge in [-0.15, -0.1) is 11.8 Å². The Labute approximate surface area is 199 Å². The number of amides is 2. The van der Waals surface area contributed by atoms with Gasteiger partial charge in [0.15, 0.2) is 0 Å². The molecule has 2 N–H and O–H groups in total. The smallest absolute Gasteiger partial charge is 0.411 e. The summed E-state index contributed by atoms with van der Waals surface area (Å²) >= 11 is 1.30. The van der Waals surface area contributed by atoms with E-state index in [-0.39, 0.29) is 30.5 Å². The Hall–Kier alpha value is -3.72. The molecule has 2 aliphatic rings. The number of furan rings is 1. The minimum Gasteiger partial charge on any atom is -0.480 e. The van der Waals surface area contributed by atoms with Crippen molar-refractivity contribution in [1.29, 1.82) is 0 Å². The second-order valence-electron chi connectivity index (χ2n) is 8.06. The topological polar surface area (TPSA) is 109 Å². The zero-order chi connectivity index (χ0) is 23.7. The van der Waals surface area contributed by atoms with E-state index in [1.807, 2.05) is 36.4 Å². The Balaban J connectivity index is 1.25. The van der Waals surface area contributed by atoms with Gasteiger partial charge in [0.1, 0.15) is 11.9 Å². The first-order valence-corrected chi connectivity index (χ1v) is 11.9. The fourth-order valence-electron chi connectivity index (χ4n) is 4.44. The molecule has 1 saturated heterocycles. The summed E-state index contributed by atoms with van der Waals surface area (Å²) in [4.78, 5) is 38.2. The molecule has 0 radical (unpaired) electrons. The highest BCUT2D eigenvalue weighted by atomic mass is 32.2. The Morgan fingerprint density at radius 2 is 1.74 bits per heavy atom. The molecule has 1 unspecified atom stereocenters. The molecule has 0 bridgehead atoms. The molecule has 0 spiro atoms. The molecule has 174 valence electrons. The second-order valence-corrected chi connectivity index (χ2v) is 9.37. The molecule has 2 heterocycles. The van der Waals surface area contributed by atoms with Gasteiger partial charge in [0.05, 0.1) is 12.0 Å². The first-order chi connectivity index (χ1) is 16.5. The number of carbonyl (C=O) groups is 3. The van der Waals surface area contributed by atoms with Gasteiger partial charge in [0, 0.05) is 30.8 Å². The van der Waals surface area contributed by atoms with Gasteiger partial charge in [-0.05, 0) is 22.3 Å². The van der Waals surface area contributed by atoms with E-state index < -0.39 is 23.2 Å². The molecular weight excluding hydrogens is 456 g/mol. The summed E-state index contributed by atoms with van der Waals surface area (Å²) in [5.74, 6) is -1.05. The van der Waals surface area contributed by atoms with Crippen LogP contribution in [0, 0.1) is 0 Å². The maximum absolute atomic E-state index is 12.9. The van der Waals surface area contributed by atoms with Crippen LogP contribution in [0.25, 0.3) is 11.1 Å². The molecule has 3 aromatic rings. The van der Waals surface area contributed by atoms with Crippen LogP contribution >= 0.6 is 11.8 Å². The number of anilines is 1. The number of aliphatic carboxylic acids is 1. The van der Waals surface area contributed by atoms with E-state index in [9.17, 15) is 19.5 Å². The quantitative estimate of drug-likeness (QED) is 0.563. The summed E-state index contributed by atoms with van der Waals surface area (Å²) in [6.45, 7) is 0.618. The lowest BCUT2D eigenvalue weighted by Crippen LogP contribution is -2.44. The molecule has 8 nitrogen and oxygen atoms in total. The Morgan fingerprint density at radius 1 is 1.06 bits per heavy atom. The SMILES string of the molecule is O=C(Nc1ccoc1C(=O)N1CCSC(C(=O)O)C1)OCC1c2ccccc2-c2ccccc21. The Bertz CT molecular complexity index is 1210. The summed E-state index contributed by atoms with van der Waals surface area (Å²) in [6.07, 6.45) is 0.606. The number of carboxylic acids is 1. The number of hydrogen-bond donors (Lipinski definition) is 2. The molecule has 34 heavy (non-hydrogen) atoms. The number of thioether (sulfide) groups is 1. The van der Waals surface area contributed by atoms with Crippen molar-refractivity contribution in [3.05, 3.63) is 77.7 Å². The third-order valence-electron chi connectivity index (χ3n) is 6.07. The van der Waals surface area contributed by atoms with Crippen molar-refractivity contribution in [2.75, 3.05) is 30.8 Å². The number of ether oxygens (including phenoxy) is 1. The van der Waals surface area contributed by atoms with E-state index in [1.54, 1.807) is 0 Å². The standard InChI is InChI=1S/C25H22N2O6S/c28-23(27-10-12-34-21(13-27)24(29)30)22-20(9-11-32-22)26-25(31)33-14-19-17-7-3-1-5-15(17)16-6-2-4-8-18(16)19/h1-9,11,19,21H,10,12-14H2,(H,26,31)(H,29,30). The number of rotatable bonds is 5. The normalized spacial score (nSPS) is 17.1. The number of carbonyl (C=O) groups excluding carboxylic acids is 2. The predicted octanol–water partition coefficient (Wildman–Crippen LogP) is 4.28. The highest BCUT2D eigenvalue weighted by Gasteiger charge is 2.32. The van der Waals surface area contributed by atoms with Crippen LogP contribution in [0.4, 0.5) is 10.5 Å². The zero-order valence-electron chi connectivity index (χ0n) is 18.1. The fraction of sp³-hybridized carbons (Fsp3) is 0.240. The molecule has 1 atom stereocenters. The summed E-state index contributed by atoms with van der Waals surface area (Å²) in [7, 11) is 0. The highest BCUT2D eigenvalue weighted by molar-refractivity contribution is 8.00. The minimum atomic E-state index is -0.959. The average Bonchev–Trinajstić information content (AvgIpc) is 3.44. The Kier molecular flexibility index (Phi) is 6.02. The zero-order valence-corrected chi connectivity index (χ0v) is 18.9. The minimum absolute atomic E-state index is 0.0513. The van der Waals surface area contributed by atoms with Gasteiger partial charge in [-0.2, -0.15) is 0 Å². The molecule has 0 saturated carbocycles. The van der Waals surface area contributed by atoms with E-state index in [0.29, 0.717) is 12.3 Å². The van der Waals surface area contributed by atoms with Gasteiger partial charge >= 0.3 is 12.1 Å². The van der Waals surface area contributed by atoms with Gasteiger partial charge < -0.3 is 19.2 Å². The number of nitrogens with zero attached hydrogens (tertiary/aromatic N) is 1. The number of fused-ring (bicyclic) bond motifs is 3. The van der Waals surface area contributed by atoms with Crippen LogP contribution in [-0.2, 0) is 9.53 Å². The van der Waals surface area contributed by atoms with Crippen LogP contribution in [0.3, 0.4) is 0 Å². The number of carboxylic acid groups (broad SMARTS) is 1. The van der Waals surface area contributed by atoms with E-state index in [1.165, 1.54) is 29.0 Å². The molecule has 1 aromatic heterocycles. The predicted molar refractivity (Wildman–Crippen MR) is 127 cm³/mol. The molecule has 1 aliphatic heterocycles. The molecule has 2 amide bonds. The first kappa shape index (κ1) is 22.1. The fourth-order valence-corrected chi connectivity index (χ4v) is 5.48. The summed E-state index contributed by atoms with van der Waals surface area (Å²) in [5.41, 5.74) is 4.66. The van der Waals surface area contributed by atoms with Crippen molar-refractivity contribution >= 4 is 35.4 Å². The monoisotopic (exact) mass is 478 g/mol. The molecule has 1 aliphatic carbocycles. The molecule has 9 heteroatoms. The maximum atomic E-state index is 12.9. The maximum Gasteiger partial charge on any atom is 0.411 e. The lowest BCUT2D eigenvalue weighted by molar-refractivity contribution is -0.136. The van der Waals surface area contributed by atoms with Gasteiger partial charge in [-0.3, -0.25) is 14.9 Å². The number of hydrogen-bond acceptors (Lipinski definition) is 6.